The van der Waals surface area contributed by atoms with Gasteiger partial charge < -0.3 is 16.2 Å². The molecule has 0 bridgehead atoms. The average molecular weight is 256 g/mol. The van der Waals surface area contributed by atoms with Gasteiger partial charge in [-0.2, -0.15) is 0 Å². The van der Waals surface area contributed by atoms with Crippen LogP contribution in [0, 0.1) is 0 Å². The number of amides is 2. The minimum atomic E-state index is -0.649. The molecule has 2 amide bonds. The number of para-hydroxylation sites is 2. The predicted octanol–water partition coefficient (Wildman–Crippen LogP) is 1.68. The summed E-state index contributed by atoms with van der Waals surface area (Å²) in [6.45, 7) is 0. The minimum absolute atomic E-state index is 0.157. The Hall–Kier alpha value is -2.82. The molecule has 0 radical (unpaired) electrons. The third-order valence-electron chi connectivity index (χ3n) is 2.49. The summed E-state index contributed by atoms with van der Waals surface area (Å²) >= 11 is 0. The summed E-state index contributed by atoms with van der Waals surface area (Å²) in [5.41, 5.74) is 10.3. The fraction of sp³-hybridized carbons (Fsp3) is 0. The van der Waals surface area contributed by atoms with Crippen LogP contribution in [0.3, 0.4) is 0 Å². The Bertz CT molecular complexity index is 584. The smallest absolute Gasteiger partial charge is 0.249 e. The Labute approximate surface area is 109 Å². The SMILES string of the molecule is NC(=O)c1ccccc1C(N)=O.c1ccc2c(c1)O2. The van der Waals surface area contributed by atoms with Crippen LogP contribution in [-0.4, -0.2) is 11.8 Å². The summed E-state index contributed by atoms with van der Waals surface area (Å²) in [5, 5.41) is 0. The second-order valence-corrected chi connectivity index (χ2v) is 3.82. The van der Waals surface area contributed by atoms with Crippen LogP contribution in [0.2, 0.25) is 0 Å². The van der Waals surface area contributed by atoms with Crippen molar-refractivity contribution in [3.8, 4) is 11.5 Å². The summed E-state index contributed by atoms with van der Waals surface area (Å²) in [7, 11) is 0. The van der Waals surface area contributed by atoms with Gasteiger partial charge in [-0.05, 0) is 24.3 Å². The molecule has 96 valence electrons. The van der Waals surface area contributed by atoms with E-state index in [1.54, 1.807) is 12.1 Å². The number of hydrogen-bond donors (Lipinski definition) is 2. The normalized spacial score (nSPS) is 10.3. The van der Waals surface area contributed by atoms with E-state index in [2.05, 4.69) is 0 Å². The van der Waals surface area contributed by atoms with Crippen molar-refractivity contribution in [3.63, 3.8) is 0 Å². The highest BCUT2D eigenvalue weighted by Gasteiger charge is 2.15. The lowest BCUT2D eigenvalue weighted by Crippen LogP contribution is -2.20. The number of fused-ring (bicyclic) bond motifs is 1. The highest BCUT2D eigenvalue weighted by Crippen LogP contribution is 2.43. The number of carbonyl (C=O) groups is 2. The molecular formula is C14H12N2O3. The molecule has 2 aromatic carbocycles. The monoisotopic (exact) mass is 256 g/mol. The van der Waals surface area contributed by atoms with E-state index in [4.69, 9.17) is 16.2 Å². The van der Waals surface area contributed by atoms with Crippen molar-refractivity contribution in [1.29, 1.82) is 0 Å². The van der Waals surface area contributed by atoms with Gasteiger partial charge in [0.05, 0.1) is 11.1 Å². The Morgan fingerprint density at radius 3 is 1.42 bits per heavy atom. The zero-order chi connectivity index (χ0) is 13.8. The highest BCUT2D eigenvalue weighted by molar-refractivity contribution is 6.06. The summed E-state index contributed by atoms with van der Waals surface area (Å²) in [6, 6.07) is 14.0. The van der Waals surface area contributed by atoms with Gasteiger partial charge in [0.15, 0.2) is 11.5 Å². The summed E-state index contributed by atoms with van der Waals surface area (Å²) in [4.78, 5) is 21.5. The second kappa shape index (κ2) is 5.22. The van der Waals surface area contributed by atoms with Crippen LogP contribution in [0.1, 0.15) is 20.7 Å². The second-order valence-electron chi connectivity index (χ2n) is 3.82. The maximum absolute atomic E-state index is 10.7. The van der Waals surface area contributed by atoms with Gasteiger partial charge in [-0.15, -0.1) is 0 Å². The van der Waals surface area contributed by atoms with Gasteiger partial charge in [-0.1, -0.05) is 24.3 Å². The third kappa shape index (κ3) is 3.10. The third-order valence-corrected chi connectivity index (χ3v) is 2.49. The number of carbonyl (C=O) groups excluding carboxylic acids is 2. The molecule has 5 heteroatoms. The predicted molar refractivity (Wildman–Crippen MR) is 70.0 cm³/mol. The fourth-order valence-electron chi connectivity index (χ4n) is 1.52. The first-order valence-electron chi connectivity index (χ1n) is 5.55. The minimum Gasteiger partial charge on any atom is -0.450 e. The van der Waals surface area contributed by atoms with Gasteiger partial charge in [-0.3, -0.25) is 9.59 Å². The molecule has 0 saturated heterocycles. The highest BCUT2D eigenvalue weighted by atomic mass is 16.6. The number of primary amides is 2. The standard InChI is InChI=1S/C8H8N2O2.C6H4O/c9-7(11)5-3-1-2-4-6(5)8(10)12;1-2-4-6-5(3-1)7-6/h1-4H,(H2,9,11)(H2,10,12);1-4H. The van der Waals surface area contributed by atoms with Crippen molar-refractivity contribution < 1.29 is 14.3 Å². The summed E-state index contributed by atoms with van der Waals surface area (Å²) in [5.74, 6) is 0.763. The van der Waals surface area contributed by atoms with E-state index < -0.39 is 11.8 Å². The van der Waals surface area contributed by atoms with Crippen LogP contribution in [0.15, 0.2) is 48.5 Å². The van der Waals surface area contributed by atoms with Gasteiger partial charge in [0.25, 0.3) is 0 Å². The zero-order valence-corrected chi connectivity index (χ0v) is 10.00. The molecule has 3 rings (SSSR count). The van der Waals surface area contributed by atoms with E-state index >= 15 is 0 Å². The Morgan fingerprint density at radius 1 is 0.737 bits per heavy atom. The van der Waals surface area contributed by atoms with Crippen LogP contribution in [0.5, 0.6) is 11.5 Å². The lowest BCUT2D eigenvalue weighted by atomic mass is 10.1. The maximum Gasteiger partial charge on any atom is 0.249 e. The van der Waals surface area contributed by atoms with Crippen molar-refractivity contribution in [3.05, 3.63) is 59.7 Å². The van der Waals surface area contributed by atoms with Crippen LogP contribution in [0.4, 0.5) is 0 Å². The molecule has 4 N–H and O–H groups in total. The van der Waals surface area contributed by atoms with Crippen molar-refractivity contribution in [2.75, 3.05) is 0 Å². The molecular weight excluding hydrogens is 244 g/mol. The number of rotatable bonds is 2. The molecule has 0 atom stereocenters. The molecule has 0 aromatic heterocycles. The lowest BCUT2D eigenvalue weighted by molar-refractivity contribution is 0.0967. The Kier molecular flexibility index (Phi) is 3.47. The van der Waals surface area contributed by atoms with Crippen LogP contribution in [0.25, 0.3) is 0 Å². The molecule has 5 nitrogen and oxygen atoms in total. The first kappa shape index (κ1) is 12.6. The quantitative estimate of drug-likeness (QED) is 0.682. The van der Waals surface area contributed by atoms with Crippen LogP contribution >= 0.6 is 0 Å². The van der Waals surface area contributed by atoms with Gasteiger partial charge in [0.2, 0.25) is 11.8 Å². The van der Waals surface area contributed by atoms with Crippen molar-refractivity contribution >= 4 is 11.8 Å². The van der Waals surface area contributed by atoms with Gasteiger partial charge in [0, 0.05) is 0 Å². The van der Waals surface area contributed by atoms with Gasteiger partial charge in [0.1, 0.15) is 0 Å². The topological polar surface area (TPSA) is 98.7 Å². The number of hydrogen-bond acceptors (Lipinski definition) is 3. The van der Waals surface area contributed by atoms with Crippen LogP contribution < -0.4 is 16.2 Å². The van der Waals surface area contributed by atoms with E-state index in [0.717, 1.165) is 11.5 Å². The molecule has 0 fully saturated rings. The number of nitrogens with two attached hydrogens (primary N) is 2. The first-order valence-corrected chi connectivity index (χ1v) is 5.55. The molecule has 1 aliphatic rings. The molecule has 0 unspecified atom stereocenters. The first-order chi connectivity index (χ1) is 9.09. The van der Waals surface area contributed by atoms with E-state index in [9.17, 15) is 9.59 Å². The van der Waals surface area contributed by atoms with E-state index in [0.29, 0.717) is 0 Å². The van der Waals surface area contributed by atoms with E-state index in [1.807, 2.05) is 24.3 Å². The molecule has 2 aromatic rings. The van der Waals surface area contributed by atoms with Crippen molar-refractivity contribution in [2.24, 2.45) is 11.5 Å². The fourth-order valence-corrected chi connectivity index (χ4v) is 1.52. The van der Waals surface area contributed by atoms with E-state index in [1.165, 1.54) is 12.1 Å². The molecule has 0 aliphatic carbocycles. The van der Waals surface area contributed by atoms with Gasteiger partial charge >= 0.3 is 0 Å². The van der Waals surface area contributed by atoms with Crippen LogP contribution in [-0.2, 0) is 0 Å². The van der Waals surface area contributed by atoms with E-state index in [-0.39, 0.29) is 11.1 Å². The van der Waals surface area contributed by atoms with Crippen molar-refractivity contribution in [1.82, 2.24) is 0 Å². The molecule has 0 saturated carbocycles. The maximum atomic E-state index is 10.7. The van der Waals surface area contributed by atoms with Crippen molar-refractivity contribution in [2.45, 2.75) is 0 Å². The lowest BCUT2D eigenvalue weighted by Gasteiger charge is -2.00. The number of ether oxygens (including phenoxy) is 1. The summed E-state index contributed by atoms with van der Waals surface area (Å²) < 4.78 is 4.94. The van der Waals surface area contributed by atoms with Gasteiger partial charge in [-0.25, -0.2) is 0 Å². The molecule has 1 aliphatic heterocycles. The molecule has 1 heterocycles. The summed E-state index contributed by atoms with van der Waals surface area (Å²) in [6.07, 6.45) is 0. The molecule has 19 heavy (non-hydrogen) atoms. The largest absolute Gasteiger partial charge is 0.450 e. The zero-order valence-electron chi connectivity index (χ0n) is 10.00. The Morgan fingerprint density at radius 2 is 1.11 bits per heavy atom. The average Bonchev–Trinajstić information content (AvgIpc) is 3.18. The number of benzene rings is 2. The molecule has 0 spiro atoms. The Balaban J connectivity index is 0.000000159.